The fourth-order valence-electron chi connectivity index (χ4n) is 4.22. The second-order valence-corrected chi connectivity index (χ2v) is 9.05. The second kappa shape index (κ2) is 8.21. The highest BCUT2D eigenvalue weighted by molar-refractivity contribution is 7.19. The molecule has 1 aliphatic carbocycles. The number of nitrogen functional groups attached to an aromatic ring is 1. The molecule has 0 saturated carbocycles. The maximum absolute atomic E-state index is 11.9. The Hall–Kier alpha value is -1.93. The van der Waals surface area contributed by atoms with Gasteiger partial charge in [0.1, 0.15) is 16.5 Å². The van der Waals surface area contributed by atoms with E-state index in [4.69, 9.17) is 10.7 Å². The smallest absolute Gasteiger partial charge is 0.317 e. The normalized spacial score (nSPS) is 20.4. The molecule has 3 N–H and O–H groups in total. The molecule has 0 bridgehead atoms. The van der Waals surface area contributed by atoms with E-state index < -0.39 is 0 Å². The Bertz CT molecular complexity index is 858. The molecular weight excluding hydrogens is 372 g/mol. The summed E-state index contributed by atoms with van der Waals surface area (Å²) in [5.74, 6) is 2.23. The largest absolute Gasteiger partial charge is 0.383 e. The Kier molecular flexibility index (Phi) is 5.68. The van der Waals surface area contributed by atoms with Gasteiger partial charge in [-0.05, 0) is 37.7 Å². The number of aromatic nitrogens is 2. The first-order valence-electron chi connectivity index (χ1n) is 10.4. The maximum atomic E-state index is 11.9. The molecule has 3 heterocycles. The van der Waals surface area contributed by atoms with E-state index in [1.165, 1.54) is 16.9 Å². The molecule has 2 aromatic heterocycles. The van der Waals surface area contributed by atoms with E-state index in [0.717, 1.165) is 73.9 Å². The Morgan fingerprint density at radius 1 is 1.29 bits per heavy atom. The van der Waals surface area contributed by atoms with Gasteiger partial charge in [-0.1, -0.05) is 6.92 Å². The van der Waals surface area contributed by atoms with Gasteiger partial charge in [0.2, 0.25) is 0 Å². The van der Waals surface area contributed by atoms with Gasteiger partial charge >= 0.3 is 6.03 Å². The molecule has 152 valence electrons. The number of urea groups is 1. The number of anilines is 1. The van der Waals surface area contributed by atoms with Crippen molar-refractivity contribution in [2.24, 2.45) is 5.92 Å². The van der Waals surface area contributed by atoms with Crippen LogP contribution in [0.5, 0.6) is 0 Å². The highest BCUT2D eigenvalue weighted by Gasteiger charge is 2.24. The number of thiophene rings is 1. The first-order valence-corrected chi connectivity index (χ1v) is 11.2. The van der Waals surface area contributed by atoms with Crippen LogP contribution >= 0.6 is 11.3 Å². The topological polar surface area (TPSA) is 87.4 Å². The summed E-state index contributed by atoms with van der Waals surface area (Å²) in [6.45, 7) is 9.15. The van der Waals surface area contributed by atoms with Crippen LogP contribution in [0.1, 0.15) is 36.5 Å². The summed E-state index contributed by atoms with van der Waals surface area (Å²) < 4.78 is 0. The molecule has 0 aromatic carbocycles. The van der Waals surface area contributed by atoms with Crippen molar-refractivity contribution >= 4 is 33.4 Å². The van der Waals surface area contributed by atoms with Crippen LogP contribution in [-0.2, 0) is 19.3 Å². The number of aryl methyl sites for hydroxylation is 1. The fraction of sp³-hybridized carbons (Fsp3) is 0.650. The van der Waals surface area contributed by atoms with E-state index in [9.17, 15) is 4.79 Å². The summed E-state index contributed by atoms with van der Waals surface area (Å²) in [7, 11) is 0. The van der Waals surface area contributed by atoms with Crippen molar-refractivity contribution < 1.29 is 4.79 Å². The summed E-state index contributed by atoms with van der Waals surface area (Å²) >= 11 is 1.81. The van der Waals surface area contributed by atoms with Crippen LogP contribution in [0.25, 0.3) is 10.2 Å². The molecule has 1 saturated heterocycles. The SMILES string of the molecule is CCNC(=O)N1CCN(CCc2nc(N)c3c4c(sc3n2)CC(C)CC4)CC1. The fourth-order valence-corrected chi connectivity index (χ4v) is 5.63. The van der Waals surface area contributed by atoms with E-state index >= 15 is 0 Å². The number of amides is 2. The maximum Gasteiger partial charge on any atom is 0.317 e. The molecule has 1 unspecified atom stereocenters. The highest BCUT2D eigenvalue weighted by atomic mass is 32.1. The number of rotatable bonds is 4. The number of fused-ring (bicyclic) bond motifs is 3. The minimum atomic E-state index is 0.0414. The molecule has 4 rings (SSSR count). The van der Waals surface area contributed by atoms with Crippen LogP contribution in [0.3, 0.4) is 0 Å². The number of carbonyl (C=O) groups is 1. The van der Waals surface area contributed by atoms with Gasteiger partial charge in [-0.15, -0.1) is 11.3 Å². The van der Waals surface area contributed by atoms with Gasteiger partial charge < -0.3 is 16.0 Å². The summed E-state index contributed by atoms with van der Waals surface area (Å²) in [6, 6.07) is 0.0414. The van der Waals surface area contributed by atoms with Crippen molar-refractivity contribution in [3.8, 4) is 0 Å². The lowest BCUT2D eigenvalue weighted by atomic mass is 9.89. The predicted octanol–water partition coefficient (Wildman–Crippen LogP) is 2.29. The zero-order valence-electron chi connectivity index (χ0n) is 16.8. The zero-order chi connectivity index (χ0) is 19.7. The molecule has 1 aliphatic heterocycles. The second-order valence-electron chi connectivity index (χ2n) is 7.97. The van der Waals surface area contributed by atoms with Crippen molar-refractivity contribution in [1.29, 1.82) is 0 Å². The molecule has 1 atom stereocenters. The van der Waals surface area contributed by atoms with Crippen molar-refractivity contribution in [2.75, 3.05) is 45.0 Å². The van der Waals surface area contributed by atoms with E-state index in [-0.39, 0.29) is 6.03 Å². The number of nitrogens with two attached hydrogens (primary N) is 1. The van der Waals surface area contributed by atoms with Gasteiger partial charge in [-0.2, -0.15) is 0 Å². The van der Waals surface area contributed by atoms with Crippen molar-refractivity contribution in [1.82, 2.24) is 25.1 Å². The number of hydrogen-bond acceptors (Lipinski definition) is 6. The van der Waals surface area contributed by atoms with Gasteiger partial charge in [0.15, 0.2) is 0 Å². The molecule has 2 amide bonds. The van der Waals surface area contributed by atoms with E-state index in [1.807, 2.05) is 11.8 Å². The summed E-state index contributed by atoms with van der Waals surface area (Å²) in [5, 5.41) is 3.97. The monoisotopic (exact) mass is 402 g/mol. The standard InChI is InChI=1S/C20H30N6OS/c1-3-22-20(27)26-10-8-25(9-11-26)7-6-16-23-18(21)17-14-5-4-13(2)12-15(14)28-19(17)24-16/h13H,3-12H2,1-2H3,(H,22,27)(H2,21,23,24). The van der Waals surface area contributed by atoms with Gasteiger partial charge in [-0.25, -0.2) is 14.8 Å². The van der Waals surface area contributed by atoms with E-state index in [1.54, 1.807) is 11.3 Å². The van der Waals surface area contributed by atoms with Gasteiger partial charge in [0, 0.05) is 50.6 Å². The van der Waals surface area contributed by atoms with E-state index in [0.29, 0.717) is 12.4 Å². The average molecular weight is 403 g/mol. The summed E-state index contributed by atoms with van der Waals surface area (Å²) in [4.78, 5) is 28.2. The molecule has 2 aliphatic rings. The average Bonchev–Trinajstić information content (AvgIpc) is 3.04. The van der Waals surface area contributed by atoms with Crippen LogP contribution in [0.15, 0.2) is 0 Å². The molecule has 8 heteroatoms. The van der Waals surface area contributed by atoms with Crippen LogP contribution in [0, 0.1) is 5.92 Å². The number of nitrogens with one attached hydrogen (secondary N) is 1. The first-order chi connectivity index (χ1) is 13.5. The Labute approximate surface area is 170 Å². The van der Waals surface area contributed by atoms with Gasteiger partial charge in [0.25, 0.3) is 0 Å². The van der Waals surface area contributed by atoms with Crippen molar-refractivity contribution in [3.63, 3.8) is 0 Å². The lowest BCUT2D eigenvalue weighted by Crippen LogP contribution is -2.52. The summed E-state index contributed by atoms with van der Waals surface area (Å²) in [5.41, 5.74) is 7.73. The third-order valence-electron chi connectivity index (χ3n) is 5.87. The van der Waals surface area contributed by atoms with Crippen molar-refractivity contribution in [3.05, 3.63) is 16.3 Å². The Morgan fingerprint density at radius 2 is 2.07 bits per heavy atom. The Balaban J connectivity index is 1.39. The van der Waals surface area contributed by atoms with Gasteiger partial charge in [0.05, 0.1) is 5.39 Å². The number of nitrogens with zero attached hydrogens (tertiary/aromatic N) is 4. The zero-order valence-corrected chi connectivity index (χ0v) is 17.6. The van der Waals surface area contributed by atoms with Gasteiger partial charge in [-0.3, -0.25) is 4.90 Å². The highest BCUT2D eigenvalue weighted by Crippen LogP contribution is 2.39. The van der Waals surface area contributed by atoms with Crippen LogP contribution < -0.4 is 11.1 Å². The Morgan fingerprint density at radius 3 is 2.82 bits per heavy atom. The third-order valence-corrected chi connectivity index (χ3v) is 7.02. The predicted molar refractivity (Wildman–Crippen MR) is 114 cm³/mol. The number of hydrogen-bond donors (Lipinski definition) is 2. The number of piperazine rings is 1. The van der Waals surface area contributed by atoms with Crippen LogP contribution in [0.2, 0.25) is 0 Å². The quantitative estimate of drug-likeness (QED) is 0.819. The molecule has 2 aromatic rings. The number of carbonyl (C=O) groups excluding carboxylic acids is 1. The lowest BCUT2D eigenvalue weighted by molar-refractivity contribution is 0.140. The van der Waals surface area contributed by atoms with Crippen LogP contribution in [-0.4, -0.2) is 65.1 Å². The molecule has 1 fully saturated rings. The molecule has 28 heavy (non-hydrogen) atoms. The van der Waals surface area contributed by atoms with Crippen LogP contribution in [0.4, 0.5) is 10.6 Å². The lowest BCUT2D eigenvalue weighted by Gasteiger charge is -2.34. The molecule has 0 radical (unpaired) electrons. The third kappa shape index (κ3) is 3.93. The molecular formula is C20H30N6OS. The molecule has 0 spiro atoms. The minimum absolute atomic E-state index is 0.0414. The molecule has 7 nitrogen and oxygen atoms in total. The van der Waals surface area contributed by atoms with Crippen molar-refractivity contribution in [2.45, 2.75) is 39.5 Å². The summed E-state index contributed by atoms with van der Waals surface area (Å²) in [6.07, 6.45) is 4.25. The first kappa shape index (κ1) is 19.4. The minimum Gasteiger partial charge on any atom is -0.383 e. The van der Waals surface area contributed by atoms with E-state index in [2.05, 4.69) is 22.1 Å².